The third-order valence-electron chi connectivity index (χ3n) is 6.62. The van der Waals surface area contributed by atoms with Crippen molar-refractivity contribution in [3.63, 3.8) is 0 Å². The van der Waals surface area contributed by atoms with Gasteiger partial charge in [0.05, 0.1) is 29.0 Å². The maximum atomic E-state index is 13.0. The van der Waals surface area contributed by atoms with Gasteiger partial charge in [0.2, 0.25) is 0 Å². The predicted molar refractivity (Wildman–Crippen MR) is 137 cm³/mol. The van der Waals surface area contributed by atoms with Gasteiger partial charge in [-0.1, -0.05) is 6.07 Å². The molecule has 198 valence electrons. The summed E-state index contributed by atoms with van der Waals surface area (Å²) in [6, 6.07) is 10.9. The molecule has 1 aliphatic heterocycles. The minimum Gasteiger partial charge on any atom is -0.444 e. The van der Waals surface area contributed by atoms with Gasteiger partial charge in [0.15, 0.2) is 0 Å². The van der Waals surface area contributed by atoms with Crippen LogP contribution < -0.4 is 5.56 Å². The molecule has 0 saturated carbocycles. The van der Waals surface area contributed by atoms with E-state index < -0.39 is 17.3 Å². The fourth-order valence-electron chi connectivity index (χ4n) is 4.78. The van der Waals surface area contributed by atoms with Crippen molar-refractivity contribution in [1.29, 1.82) is 0 Å². The van der Waals surface area contributed by atoms with Crippen LogP contribution in [0.4, 0.5) is 18.0 Å². The lowest BCUT2D eigenvalue weighted by molar-refractivity contribution is -0.137. The van der Waals surface area contributed by atoms with E-state index in [9.17, 15) is 22.8 Å². The molecule has 0 spiro atoms. The number of carbonyl (C=O) groups excluding carboxylic acids is 1. The zero-order valence-corrected chi connectivity index (χ0v) is 21.5. The summed E-state index contributed by atoms with van der Waals surface area (Å²) in [5.41, 5.74) is 2.72. The number of aryl methyl sites for hydroxylation is 1. The van der Waals surface area contributed by atoms with Crippen LogP contribution in [0.15, 0.2) is 59.7 Å². The molecule has 1 amide bonds. The summed E-state index contributed by atoms with van der Waals surface area (Å²) in [4.78, 5) is 31.2. The Balaban J connectivity index is 1.44. The molecule has 0 aliphatic carbocycles. The van der Waals surface area contributed by atoms with Gasteiger partial charge >= 0.3 is 12.3 Å². The highest BCUT2D eigenvalue weighted by Gasteiger charge is 2.31. The number of hydrogen-bond acceptors (Lipinski definition) is 4. The van der Waals surface area contributed by atoms with Gasteiger partial charge in [0, 0.05) is 60.7 Å². The van der Waals surface area contributed by atoms with Crippen LogP contribution in [0.1, 0.15) is 37.6 Å². The van der Waals surface area contributed by atoms with Crippen LogP contribution in [-0.2, 0) is 30.9 Å². The van der Waals surface area contributed by atoms with Gasteiger partial charge in [-0.05, 0) is 51.1 Å². The third-order valence-corrected chi connectivity index (χ3v) is 6.62. The van der Waals surface area contributed by atoms with Crippen LogP contribution >= 0.6 is 0 Å². The van der Waals surface area contributed by atoms with Crippen molar-refractivity contribution in [1.82, 2.24) is 19.0 Å². The van der Waals surface area contributed by atoms with Crippen LogP contribution in [0, 0.1) is 0 Å². The van der Waals surface area contributed by atoms with Gasteiger partial charge in [0.25, 0.3) is 5.56 Å². The molecule has 1 aliphatic rings. The minimum atomic E-state index is -4.47. The average Bonchev–Trinajstić information content (AvgIpc) is 3.13. The average molecular weight is 525 g/mol. The molecule has 5 rings (SSSR count). The Bertz CT molecular complexity index is 1600. The monoisotopic (exact) mass is 524 g/mol. The molecule has 0 atom stereocenters. The number of fused-ring (bicyclic) bond motifs is 3. The first-order valence-electron chi connectivity index (χ1n) is 12.2. The number of halogens is 3. The number of benzene rings is 1. The molecule has 0 saturated heterocycles. The zero-order chi connectivity index (χ0) is 27.4. The van der Waals surface area contributed by atoms with Gasteiger partial charge < -0.3 is 14.2 Å². The number of hydrogen-bond donors (Lipinski definition) is 0. The van der Waals surface area contributed by atoms with E-state index in [2.05, 4.69) is 9.55 Å². The van der Waals surface area contributed by atoms with E-state index in [4.69, 9.17) is 4.74 Å². The summed E-state index contributed by atoms with van der Waals surface area (Å²) in [5.74, 6) is 0. The van der Waals surface area contributed by atoms with E-state index >= 15 is 0 Å². The van der Waals surface area contributed by atoms with Gasteiger partial charge in [-0.15, -0.1) is 0 Å². The number of alkyl halides is 3. The van der Waals surface area contributed by atoms with Crippen LogP contribution in [0.5, 0.6) is 0 Å². The van der Waals surface area contributed by atoms with Crippen molar-refractivity contribution in [2.24, 2.45) is 7.05 Å². The third kappa shape index (κ3) is 4.78. The van der Waals surface area contributed by atoms with Gasteiger partial charge in [-0.2, -0.15) is 13.2 Å². The van der Waals surface area contributed by atoms with E-state index in [0.29, 0.717) is 30.8 Å². The van der Waals surface area contributed by atoms with Gasteiger partial charge in [0.1, 0.15) is 5.60 Å². The van der Waals surface area contributed by atoms with Crippen molar-refractivity contribution < 1.29 is 22.7 Å². The van der Waals surface area contributed by atoms with Crippen LogP contribution in [0.3, 0.4) is 0 Å². The number of aromatic nitrogens is 3. The summed E-state index contributed by atoms with van der Waals surface area (Å²) in [5, 5.41) is 0.998. The molecule has 0 fully saturated rings. The highest BCUT2D eigenvalue weighted by molar-refractivity contribution is 5.88. The SMILES string of the molecule is Cn1c2c(c3ccc(-n4ccc(-c5ccc(C(F)(F)F)cn5)cc4=O)cc31)CN(C(=O)OC(C)(C)C)CC2. The van der Waals surface area contributed by atoms with Crippen molar-refractivity contribution >= 4 is 17.0 Å². The first-order chi connectivity index (χ1) is 17.8. The van der Waals surface area contributed by atoms with Crippen molar-refractivity contribution in [3.8, 4) is 16.9 Å². The summed E-state index contributed by atoms with van der Waals surface area (Å²) >= 11 is 0. The molecule has 3 aromatic heterocycles. The molecule has 0 bridgehead atoms. The molecule has 0 N–H and O–H groups in total. The number of rotatable bonds is 2. The van der Waals surface area contributed by atoms with Crippen LogP contribution in [-0.4, -0.2) is 37.3 Å². The molecule has 1 aromatic carbocycles. The molecule has 38 heavy (non-hydrogen) atoms. The maximum absolute atomic E-state index is 13.0. The van der Waals surface area contributed by atoms with E-state index in [-0.39, 0.29) is 17.3 Å². The molecule has 0 radical (unpaired) electrons. The summed E-state index contributed by atoms with van der Waals surface area (Å²) < 4.78 is 47.6. The maximum Gasteiger partial charge on any atom is 0.417 e. The molecule has 4 aromatic rings. The molecular weight excluding hydrogens is 497 g/mol. The quantitative estimate of drug-likeness (QED) is 0.337. The van der Waals surface area contributed by atoms with Gasteiger partial charge in [-0.3, -0.25) is 14.3 Å². The number of pyridine rings is 2. The van der Waals surface area contributed by atoms with Crippen molar-refractivity contribution in [2.45, 2.75) is 45.5 Å². The number of carbonyl (C=O) groups is 1. The normalized spacial score (nSPS) is 14.0. The first kappa shape index (κ1) is 25.6. The van der Waals surface area contributed by atoms with E-state index in [1.54, 1.807) is 17.2 Å². The Hall–Kier alpha value is -4.08. The smallest absolute Gasteiger partial charge is 0.417 e. The highest BCUT2D eigenvalue weighted by Crippen LogP contribution is 2.32. The van der Waals surface area contributed by atoms with E-state index in [1.165, 1.54) is 16.7 Å². The second kappa shape index (κ2) is 9.04. The van der Waals surface area contributed by atoms with Gasteiger partial charge in [-0.25, -0.2) is 4.79 Å². The number of nitrogens with zero attached hydrogens (tertiary/aromatic N) is 4. The standard InChI is InChI=1S/C28H27F3N4O3/c1-27(2,3)38-26(37)34-11-10-23-21(16-34)20-7-6-19(14-24(20)33(23)4)35-12-9-17(13-25(35)36)22-8-5-18(15-32-22)28(29,30)31/h5-9,12-15H,10-11,16H2,1-4H3. The fraction of sp³-hybridized carbons (Fsp3) is 0.321. The van der Waals surface area contributed by atoms with Crippen LogP contribution in [0.25, 0.3) is 27.8 Å². The molecular formula is C28H27F3N4O3. The lowest BCUT2D eigenvalue weighted by Gasteiger charge is -2.30. The summed E-state index contributed by atoms with van der Waals surface area (Å²) in [7, 11) is 1.97. The largest absolute Gasteiger partial charge is 0.444 e. The van der Waals surface area contributed by atoms with Crippen LogP contribution in [0.2, 0.25) is 0 Å². The summed E-state index contributed by atoms with van der Waals surface area (Å²) in [6.45, 7) is 6.52. The molecule has 4 heterocycles. The highest BCUT2D eigenvalue weighted by atomic mass is 19.4. The predicted octanol–water partition coefficient (Wildman–Crippen LogP) is 5.70. The molecule has 0 unspecified atom stereocenters. The Morgan fingerprint density at radius 1 is 1.05 bits per heavy atom. The Morgan fingerprint density at radius 3 is 2.45 bits per heavy atom. The van der Waals surface area contributed by atoms with E-state index in [0.717, 1.165) is 34.4 Å². The second-order valence-electron chi connectivity index (χ2n) is 10.4. The van der Waals surface area contributed by atoms with E-state index in [1.807, 2.05) is 46.0 Å². The lowest BCUT2D eigenvalue weighted by atomic mass is 10.0. The minimum absolute atomic E-state index is 0.280. The Labute approximate surface area is 217 Å². The first-order valence-corrected chi connectivity index (χ1v) is 12.2. The Morgan fingerprint density at radius 2 is 1.82 bits per heavy atom. The second-order valence-corrected chi connectivity index (χ2v) is 10.4. The topological polar surface area (TPSA) is 69.4 Å². The molecule has 7 nitrogen and oxygen atoms in total. The fourth-order valence-corrected chi connectivity index (χ4v) is 4.78. The Kier molecular flexibility index (Phi) is 6.08. The summed E-state index contributed by atoms with van der Waals surface area (Å²) in [6.07, 6.45) is -1.78. The lowest BCUT2D eigenvalue weighted by Crippen LogP contribution is -2.40. The zero-order valence-electron chi connectivity index (χ0n) is 21.5. The van der Waals surface area contributed by atoms with Crippen molar-refractivity contribution in [2.75, 3.05) is 6.54 Å². The van der Waals surface area contributed by atoms with Crippen molar-refractivity contribution in [3.05, 3.63) is 82.0 Å². The number of amides is 1. The molecule has 10 heteroatoms. The number of ether oxygens (including phenoxy) is 1.